The van der Waals surface area contributed by atoms with Gasteiger partial charge in [-0.1, -0.05) is 30.3 Å². The summed E-state index contributed by atoms with van der Waals surface area (Å²) in [5, 5.41) is 0. The van der Waals surface area contributed by atoms with Crippen LogP contribution < -0.4 is 9.64 Å². The van der Waals surface area contributed by atoms with E-state index in [0.717, 1.165) is 22.1 Å². The fourth-order valence-corrected chi connectivity index (χ4v) is 2.80. The van der Waals surface area contributed by atoms with Gasteiger partial charge in [-0.25, -0.2) is 4.79 Å². The Labute approximate surface area is 157 Å². The zero-order valence-electron chi connectivity index (χ0n) is 15.1. The summed E-state index contributed by atoms with van der Waals surface area (Å²) in [6.45, 7) is 6.09. The molecular weight excluding hydrogens is 382 g/mol. The number of anilines is 1. The minimum atomic E-state index is -0.562. The van der Waals surface area contributed by atoms with Gasteiger partial charge in [0, 0.05) is 17.1 Å². The highest BCUT2D eigenvalue weighted by atomic mass is 79.9. The van der Waals surface area contributed by atoms with Gasteiger partial charge in [0.15, 0.2) is 0 Å². The van der Waals surface area contributed by atoms with Gasteiger partial charge in [0.25, 0.3) is 0 Å². The maximum absolute atomic E-state index is 12.8. The van der Waals surface area contributed by atoms with E-state index in [1.54, 1.807) is 12.0 Å². The van der Waals surface area contributed by atoms with Gasteiger partial charge < -0.3 is 9.47 Å². The first kappa shape index (κ1) is 19.3. The summed E-state index contributed by atoms with van der Waals surface area (Å²) in [4.78, 5) is 14.4. The van der Waals surface area contributed by atoms with Crippen LogP contribution in [0.5, 0.6) is 5.75 Å². The lowest BCUT2D eigenvalue weighted by Crippen LogP contribution is -2.38. The maximum Gasteiger partial charge on any atom is 0.414 e. The second-order valence-corrected chi connectivity index (χ2v) is 7.54. The molecule has 0 unspecified atom stereocenters. The number of halogens is 1. The molecule has 2 aromatic rings. The Morgan fingerprint density at radius 1 is 1.12 bits per heavy atom. The third-order valence-corrected chi connectivity index (χ3v) is 4.20. The van der Waals surface area contributed by atoms with Gasteiger partial charge in [0.2, 0.25) is 0 Å². The Morgan fingerprint density at radius 2 is 1.80 bits per heavy atom. The molecule has 0 atom stereocenters. The summed E-state index contributed by atoms with van der Waals surface area (Å²) in [5.41, 5.74) is 1.33. The SMILES string of the molecule is COc1ccc(Br)c(N(CCc2ccccc2)C(=O)OC(C)(C)C)c1. The largest absolute Gasteiger partial charge is 0.497 e. The van der Waals surface area contributed by atoms with Crippen LogP contribution in [-0.4, -0.2) is 25.3 Å². The second kappa shape index (κ2) is 8.39. The van der Waals surface area contributed by atoms with E-state index in [4.69, 9.17) is 9.47 Å². The van der Waals surface area contributed by atoms with Gasteiger partial charge in [-0.15, -0.1) is 0 Å². The smallest absolute Gasteiger partial charge is 0.414 e. The molecule has 5 heteroatoms. The van der Waals surface area contributed by atoms with Gasteiger partial charge in [-0.2, -0.15) is 0 Å². The monoisotopic (exact) mass is 405 g/mol. The molecule has 25 heavy (non-hydrogen) atoms. The van der Waals surface area contributed by atoms with Crippen LogP contribution in [0.4, 0.5) is 10.5 Å². The molecule has 0 aromatic heterocycles. The predicted molar refractivity (Wildman–Crippen MR) is 104 cm³/mol. The molecule has 0 saturated heterocycles. The Kier molecular flexibility index (Phi) is 6.48. The summed E-state index contributed by atoms with van der Waals surface area (Å²) in [5.74, 6) is 0.687. The number of ether oxygens (including phenoxy) is 2. The first-order valence-electron chi connectivity index (χ1n) is 8.18. The van der Waals surface area contributed by atoms with E-state index in [0.29, 0.717) is 12.3 Å². The second-order valence-electron chi connectivity index (χ2n) is 6.68. The summed E-state index contributed by atoms with van der Waals surface area (Å²) in [6.07, 6.45) is 0.349. The molecule has 0 N–H and O–H groups in total. The van der Waals surface area contributed by atoms with Crippen molar-refractivity contribution in [3.8, 4) is 5.75 Å². The van der Waals surface area contributed by atoms with Gasteiger partial charge in [0.1, 0.15) is 11.4 Å². The van der Waals surface area contributed by atoms with Crippen LogP contribution in [-0.2, 0) is 11.2 Å². The number of hydrogen-bond donors (Lipinski definition) is 0. The number of carbonyl (C=O) groups excluding carboxylic acids is 1. The molecule has 4 nitrogen and oxygen atoms in total. The summed E-state index contributed by atoms with van der Waals surface area (Å²) < 4.78 is 11.7. The third-order valence-electron chi connectivity index (χ3n) is 3.52. The normalized spacial score (nSPS) is 11.1. The molecule has 0 spiro atoms. The van der Waals surface area contributed by atoms with Crippen LogP contribution in [0.25, 0.3) is 0 Å². The zero-order valence-corrected chi connectivity index (χ0v) is 16.7. The van der Waals surface area contributed by atoms with E-state index >= 15 is 0 Å². The topological polar surface area (TPSA) is 38.8 Å². The minimum Gasteiger partial charge on any atom is -0.497 e. The lowest BCUT2D eigenvalue weighted by Gasteiger charge is -2.28. The Bertz CT molecular complexity index is 711. The van der Waals surface area contributed by atoms with E-state index < -0.39 is 5.60 Å². The van der Waals surface area contributed by atoms with Crippen LogP contribution in [0.1, 0.15) is 26.3 Å². The van der Waals surface area contributed by atoms with Crippen molar-refractivity contribution in [2.75, 3.05) is 18.6 Å². The molecule has 0 aliphatic heterocycles. The van der Waals surface area contributed by atoms with Crippen molar-refractivity contribution in [1.82, 2.24) is 0 Å². The van der Waals surface area contributed by atoms with E-state index in [9.17, 15) is 4.79 Å². The van der Waals surface area contributed by atoms with Crippen molar-refractivity contribution < 1.29 is 14.3 Å². The standard InChI is InChI=1S/C20H24BrNO3/c1-20(2,3)25-19(23)22(13-12-15-8-6-5-7-9-15)18-14-16(24-4)10-11-17(18)21/h5-11,14H,12-13H2,1-4H3. The van der Waals surface area contributed by atoms with Crippen LogP contribution in [0, 0.1) is 0 Å². The maximum atomic E-state index is 12.8. The number of methoxy groups -OCH3 is 1. The van der Waals surface area contributed by atoms with Crippen molar-refractivity contribution in [3.05, 3.63) is 58.6 Å². The quantitative estimate of drug-likeness (QED) is 0.664. The molecule has 2 rings (SSSR count). The van der Waals surface area contributed by atoms with Crippen molar-refractivity contribution >= 4 is 27.7 Å². The van der Waals surface area contributed by atoms with Crippen molar-refractivity contribution in [2.45, 2.75) is 32.8 Å². The number of carbonyl (C=O) groups is 1. The molecule has 0 heterocycles. The predicted octanol–water partition coefficient (Wildman–Crippen LogP) is 5.44. The average Bonchev–Trinajstić information content (AvgIpc) is 2.56. The van der Waals surface area contributed by atoms with Crippen molar-refractivity contribution in [1.29, 1.82) is 0 Å². The highest BCUT2D eigenvalue weighted by Gasteiger charge is 2.25. The molecule has 2 aromatic carbocycles. The average molecular weight is 406 g/mol. The summed E-state index contributed by atoms with van der Waals surface area (Å²) >= 11 is 3.53. The Balaban J connectivity index is 2.29. The molecule has 1 amide bonds. The van der Waals surface area contributed by atoms with E-state index in [1.807, 2.05) is 69.3 Å². The molecule has 0 aliphatic rings. The lowest BCUT2D eigenvalue weighted by atomic mass is 10.1. The van der Waals surface area contributed by atoms with Crippen molar-refractivity contribution in [2.24, 2.45) is 0 Å². The van der Waals surface area contributed by atoms with E-state index in [2.05, 4.69) is 15.9 Å². The van der Waals surface area contributed by atoms with Gasteiger partial charge >= 0.3 is 6.09 Å². The van der Waals surface area contributed by atoms with Gasteiger partial charge in [0.05, 0.1) is 12.8 Å². The van der Waals surface area contributed by atoms with Gasteiger partial charge in [-0.05, 0) is 60.8 Å². The number of hydrogen-bond acceptors (Lipinski definition) is 3. The highest BCUT2D eigenvalue weighted by Crippen LogP contribution is 2.31. The fraction of sp³-hybridized carbons (Fsp3) is 0.350. The van der Waals surface area contributed by atoms with Crippen molar-refractivity contribution in [3.63, 3.8) is 0 Å². The number of rotatable bonds is 5. The lowest BCUT2D eigenvalue weighted by molar-refractivity contribution is 0.0580. The molecular formula is C20H24BrNO3. The molecule has 0 fully saturated rings. The first-order chi connectivity index (χ1) is 11.8. The van der Waals surface area contributed by atoms with Gasteiger partial charge in [-0.3, -0.25) is 4.90 Å². The number of benzene rings is 2. The molecule has 0 radical (unpaired) electrons. The fourth-order valence-electron chi connectivity index (χ4n) is 2.34. The first-order valence-corrected chi connectivity index (χ1v) is 8.97. The molecule has 0 aliphatic carbocycles. The van der Waals surface area contributed by atoms with E-state index in [1.165, 1.54) is 0 Å². The Hall–Kier alpha value is -2.01. The van der Waals surface area contributed by atoms with Crippen LogP contribution in [0.15, 0.2) is 53.0 Å². The molecule has 134 valence electrons. The highest BCUT2D eigenvalue weighted by molar-refractivity contribution is 9.10. The summed E-state index contributed by atoms with van der Waals surface area (Å²) in [7, 11) is 1.61. The third kappa shape index (κ3) is 5.78. The zero-order chi connectivity index (χ0) is 18.4. The molecule has 0 bridgehead atoms. The van der Waals surface area contributed by atoms with E-state index in [-0.39, 0.29) is 6.09 Å². The minimum absolute atomic E-state index is 0.377. The molecule has 0 saturated carbocycles. The summed E-state index contributed by atoms with van der Waals surface area (Å²) in [6, 6.07) is 15.6. The van der Waals surface area contributed by atoms with Crippen LogP contribution in [0.2, 0.25) is 0 Å². The van der Waals surface area contributed by atoms with Crippen LogP contribution in [0.3, 0.4) is 0 Å². The number of amides is 1. The number of nitrogens with zero attached hydrogens (tertiary/aromatic N) is 1. The Morgan fingerprint density at radius 3 is 2.40 bits per heavy atom. The van der Waals surface area contributed by atoms with Crippen LogP contribution >= 0.6 is 15.9 Å².